The topological polar surface area (TPSA) is 17.8 Å². The van der Waals surface area contributed by atoms with Crippen LogP contribution in [0.4, 0.5) is 0 Å². The molecule has 0 radical (unpaired) electrons. The zero-order valence-corrected chi connectivity index (χ0v) is 10.2. The standard InChI is InChI=1S/C11H19ClN2/c1-11(2,3)9(12)5-6-10-13-7-8-14(10)4/h7-9H,5-6H2,1-4H3. The Kier molecular flexibility index (Phi) is 3.59. The van der Waals surface area contributed by atoms with Crippen molar-refractivity contribution in [3.05, 3.63) is 18.2 Å². The van der Waals surface area contributed by atoms with E-state index in [0.29, 0.717) is 0 Å². The second kappa shape index (κ2) is 4.35. The van der Waals surface area contributed by atoms with Crippen molar-refractivity contribution < 1.29 is 0 Å². The first kappa shape index (κ1) is 11.6. The molecule has 0 aliphatic rings. The number of alkyl halides is 1. The molecule has 2 nitrogen and oxygen atoms in total. The van der Waals surface area contributed by atoms with Crippen molar-refractivity contribution in [2.75, 3.05) is 0 Å². The summed E-state index contributed by atoms with van der Waals surface area (Å²) in [4.78, 5) is 4.27. The van der Waals surface area contributed by atoms with E-state index in [1.165, 1.54) is 0 Å². The number of nitrogens with zero attached hydrogens (tertiary/aromatic N) is 2. The smallest absolute Gasteiger partial charge is 0.108 e. The summed E-state index contributed by atoms with van der Waals surface area (Å²) in [5.74, 6) is 1.11. The van der Waals surface area contributed by atoms with Gasteiger partial charge in [0.1, 0.15) is 5.82 Å². The third kappa shape index (κ3) is 3.02. The SMILES string of the molecule is Cn1ccnc1CCC(Cl)C(C)(C)C. The van der Waals surface area contributed by atoms with E-state index in [-0.39, 0.29) is 10.8 Å². The molecule has 3 heteroatoms. The molecule has 1 atom stereocenters. The monoisotopic (exact) mass is 214 g/mol. The van der Waals surface area contributed by atoms with Gasteiger partial charge in [0.2, 0.25) is 0 Å². The normalized spacial score (nSPS) is 14.4. The molecule has 0 aromatic carbocycles. The van der Waals surface area contributed by atoms with Crippen LogP contribution in [0.25, 0.3) is 0 Å². The summed E-state index contributed by atoms with van der Waals surface area (Å²) in [5, 5.41) is 0.208. The number of aromatic nitrogens is 2. The van der Waals surface area contributed by atoms with Crippen LogP contribution >= 0.6 is 11.6 Å². The van der Waals surface area contributed by atoms with Gasteiger partial charge >= 0.3 is 0 Å². The van der Waals surface area contributed by atoms with Gasteiger partial charge in [0.15, 0.2) is 0 Å². The first-order valence-electron chi connectivity index (χ1n) is 5.01. The summed E-state index contributed by atoms with van der Waals surface area (Å²) in [6, 6.07) is 0. The number of rotatable bonds is 3. The fourth-order valence-corrected chi connectivity index (χ4v) is 1.44. The van der Waals surface area contributed by atoms with Crippen LogP contribution in [0.3, 0.4) is 0 Å². The second-order valence-corrected chi connectivity index (χ2v) is 5.35. The Morgan fingerprint density at radius 3 is 2.57 bits per heavy atom. The highest BCUT2D eigenvalue weighted by Gasteiger charge is 2.22. The summed E-state index contributed by atoms with van der Waals surface area (Å²) in [6.07, 6.45) is 5.73. The predicted molar refractivity (Wildman–Crippen MR) is 60.6 cm³/mol. The number of hydrogen-bond donors (Lipinski definition) is 0. The fourth-order valence-electron chi connectivity index (χ4n) is 1.33. The van der Waals surface area contributed by atoms with Crippen molar-refractivity contribution in [2.45, 2.75) is 39.0 Å². The minimum absolute atomic E-state index is 0.173. The lowest BCUT2D eigenvalue weighted by atomic mass is 9.89. The second-order valence-electron chi connectivity index (χ2n) is 4.83. The zero-order chi connectivity index (χ0) is 10.8. The van der Waals surface area contributed by atoms with Crippen LogP contribution in [-0.2, 0) is 13.5 Å². The van der Waals surface area contributed by atoms with Gasteiger partial charge in [0.25, 0.3) is 0 Å². The molecule has 1 aromatic heterocycles. The van der Waals surface area contributed by atoms with Gasteiger partial charge in [0, 0.05) is 31.2 Å². The Morgan fingerprint density at radius 2 is 2.14 bits per heavy atom. The van der Waals surface area contributed by atoms with Gasteiger partial charge in [-0.25, -0.2) is 4.98 Å². The summed E-state index contributed by atoms with van der Waals surface area (Å²) >= 11 is 6.29. The molecule has 1 unspecified atom stereocenters. The van der Waals surface area contributed by atoms with Gasteiger partial charge in [-0.3, -0.25) is 0 Å². The van der Waals surface area contributed by atoms with Crippen LogP contribution in [0.2, 0.25) is 0 Å². The molecule has 0 saturated heterocycles. The van der Waals surface area contributed by atoms with Crippen molar-refractivity contribution >= 4 is 11.6 Å². The van der Waals surface area contributed by atoms with Crippen LogP contribution < -0.4 is 0 Å². The van der Waals surface area contributed by atoms with Crippen molar-refractivity contribution in [2.24, 2.45) is 12.5 Å². The van der Waals surface area contributed by atoms with E-state index in [0.717, 1.165) is 18.7 Å². The maximum absolute atomic E-state index is 6.29. The van der Waals surface area contributed by atoms with Crippen molar-refractivity contribution in [3.8, 4) is 0 Å². The van der Waals surface area contributed by atoms with Gasteiger partial charge in [-0.2, -0.15) is 0 Å². The highest BCUT2D eigenvalue weighted by molar-refractivity contribution is 6.21. The molecule has 0 fully saturated rings. The van der Waals surface area contributed by atoms with E-state index >= 15 is 0 Å². The Hall–Kier alpha value is -0.500. The van der Waals surface area contributed by atoms with Crippen LogP contribution in [-0.4, -0.2) is 14.9 Å². The zero-order valence-electron chi connectivity index (χ0n) is 9.42. The number of imidazole rings is 1. The molecule has 0 aliphatic heterocycles. The maximum atomic E-state index is 6.29. The lowest BCUT2D eigenvalue weighted by Crippen LogP contribution is -2.21. The average Bonchev–Trinajstić information content (AvgIpc) is 2.45. The van der Waals surface area contributed by atoms with E-state index in [1.54, 1.807) is 0 Å². The third-order valence-electron chi connectivity index (χ3n) is 2.48. The number of hydrogen-bond acceptors (Lipinski definition) is 1. The average molecular weight is 215 g/mol. The van der Waals surface area contributed by atoms with E-state index in [4.69, 9.17) is 11.6 Å². The van der Waals surface area contributed by atoms with Crippen LogP contribution in [0.5, 0.6) is 0 Å². The third-order valence-corrected chi connectivity index (χ3v) is 3.35. The molecule has 14 heavy (non-hydrogen) atoms. The summed E-state index contributed by atoms with van der Waals surface area (Å²) in [5.41, 5.74) is 0.173. The Morgan fingerprint density at radius 1 is 1.50 bits per heavy atom. The van der Waals surface area contributed by atoms with Crippen LogP contribution in [0.1, 0.15) is 33.0 Å². The molecular weight excluding hydrogens is 196 g/mol. The van der Waals surface area contributed by atoms with Gasteiger partial charge in [-0.1, -0.05) is 20.8 Å². The number of halogens is 1. The fraction of sp³-hybridized carbons (Fsp3) is 0.727. The predicted octanol–water partition coefficient (Wildman–Crippen LogP) is 3.01. The highest BCUT2D eigenvalue weighted by Crippen LogP contribution is 2.27. The molecule has 1 aromatic rings. The molecule has 0 aliphatic carbocycles. The maximum Gasteiger partial charge on any atom is 0.108 e. The van der Waals surface area contributed by atoms with E-state index in [9.17, 15) is 0 Å². The largest absolute Gasteiger partial charge is 0.338 e. The summed E-state index contributed by atoms with van der Waals surface area (Å²) in [7, 11) is 2.02. The molecule has 1 heterocycles. The molecule has 0 spiro atoms. The van der Waals surface area contributed by atoms with E-state index < -0.39 is 0 Å². The van der Waals surface area contributed by atoms with Gasteiger partial charge < -0.3 is 4.57 Å². The van der Waals surface area contributed by atoms with Crippen molar-refractivity contribution in [3.63, 3.8) is 0 Å². The quantitative estimate of drug-likeness (QED) is 0.708. The molecule has 0 bridgehead atoms. The van der Waals surface area contributed by atoms with Crippen molar-refractivity contribution in [1.82, 2.24) is 9.55 Å². The first-order valence-corrected chi connectivity index (χ1v) is 5.45. The van der Waals surface area contributed by atoms with Gasteiger partial charge in [0.05, 0.1) is 0 Å². The van der Waals surface area contributed by atoms with Crippen LogP contribution in [0.15, 0.2) is 12.4 Å². The Labute approximate surface area is 91.3 Å². The minimum atomic E-state index is 0.173. The van der Waals surface area contributed by atoms with E-state index in [2.05, 4.69) is 25.8 Å². The first-order chi connectivity index (χ1) is 6.41. The van der Waals surface area contributed by atoms with Crippen LogP contribution in [0, 0.1) is 5.41 Å². The van der Waals surface area contributed by atoms with E-state index in [1.807, 2.05) is 24.0 Å². The van der Waals surface area contributed by atoms with Crippen molar-refractivity contribution in [1.29, 1.82) is 0 Å². The molecular formula is C11H19ClN2. The minimum Gasteiger partial charge on any atom is -0.338 e. The Balaban J connectivity index is 2.46. The molecule has 0 saturated carbocycles. The van der Waals surface area contributed by atoms with Gasteiger partial charge in [-0.15, -0.1) is 11.6 Å². The Bertz CT molecular complexity index is 286. The molecule has 0 amide bonds. The van der Waals surface area contributed by atoms with Gasteiger partial charge in [-0.05, 0) is 11.8 Å². The summed E-state index contributed by atoms with van der Waals surface area (Å²) < 4.78 is 2.05. The molecule has 1 rings (SSSR count). The lowest BCUT2D eigenvalue weighted by molar-refractivity contribution is 0.372. The highest BCUT2D eigenvalue weighted by atomic mass is 35.5. The summed E-state index contributed by atoms with van der Waals surface area (Å²) in [6.45, 7) is 6.51. The molecule has 80 valence electrons. The number of aryl methyl sites for hydroxylation is 2. The lowest BCUT2D eigenvalue weighted by Gasteiger charge is -2.24. The molecule has 0 N–H and O–H groups in total.